The van der Waals surface area contributed by atoms with Gasteiger partial charge in [-0.3, -0.25) is 4.79 Å². The van der Waals surface area contributed by atoms with Crippen LogP contribution in [-0.4, -0.2) is 5.78 Å². The zero-order chi connectivity index (χ0) is 8.28. The van der Waals surface area contributed by atoms with Crippen LogP contribution in [0, 0.1) is 16.7 Å². The van der Waals surface area contributed by atoms with Crippen molar-refractivity contribution in [3.8, 4) is 0 Å². The summed E-state index contributed by atoms with van der Waals surface area (Å²) in [7, 11) is 0. The summed E-state index contributed by atoms with van der Waals surface area (Å²) in [6, 6.07) is 0. The summed E-state index contributed by atoms with van der Waals surface area (Å²) in [5, 5.41) is 0. The van der Waals surface area contributed by atoms with Gasteiger partial charge in [-0.05, 0) is 23.7 Å². The van der Waals surface area contributed by atoms with Crippen LogP contribution in [0.2, 0.25) is 0 Å². The Hall–Kier alpha value is -0.330. The molecule has 1 heteroatoms. The molecule has 0 aromatic rings. The van der Waals surface area contributed by atoms with Crippen LogP contribution in [0.5, 0.6) is 0 Å². The lowest BCUT2D eigenvalue weighted by Gasteiger charge is -2.53. The molecule has 0 spiro atoms. The molecule has 0 aromatic heterocycles. The lowest BCUT2D eigenvalue weighted by molar-refractivity contribution is -0.121. The maximum atomic E-state index is 11.4. The molecular formula is C10H16O. The SMILES string of the molecule is CC1C(=O)CC2(C)CC[C@]12C. The summed E-state index contributed by atoms with van der Waals surface area (Å²) in [5.74, 6) is 0.814. The fraction of sp³-hybridized carbons (Fsp3) is 0.900. The Labute approximate surface area is 68.2 Å². The third kappa shape index (κ3) is 0.605. The Morgan fingerprint density at radius 2 is 2.00 bits per heavy atom. The van der Waals surface area contributed by atoms with Crippen molar-refractivity contribution >= 4 is 5.78 Å². The second-order valence-electron chi connectivity index (χ2n) is 4.84. The smallest absolute Gasteiger partial charge is 0.136 e. The molecule has 0 amide bonds. The molecule has 62 valence electrons. The minimum absolute atomic E-state index is 0.321. The standard InChI is InChI=1S/C10H16O/c1-7-8(11)6-9(2)4-5-10(7,9)3/h7H,4-6H2,1-3H3/t7?,9?,10-/m1/s1. The molecule has 11 heavy (non-hydrogen) atoms. The number of hydrogen-bond acceptors (Lipinski definition) is 1. The molecule has 0 aliphatic heterocycles. The third-order valence-corrected chi connectivity index (χ3v) is 4.58. The molecule has 0 aromatic carbocycles. The largest absolute Gasteiger partial charge is 0.299 e. The maximum Gasteiger partial charge on any atom is 0.136 e. The van der Waals surface area contributed by atoms with E-state index in [2.05, 4.69) is 20.8 Å². The van der Waals surface area contributed by atoms with Gasteiger partial charge in [0.15, 0.2) is 0 Å². The summed E-state index contributed by atoms with van der Waals surface area (Å²) in [4.78, 5) is 11.4. The van der Waals surface area contributed by atoms with E-state index in [0.29, 0.717) is 22.5 Å². The Morgan fingerprint density at radius 1 is 1.36 bits per heavy atom. The Bertz CT molecular complexity index is 221. The van der Waals surface area contributed by atoms with Crippen LogP contribution in [0.15, 0.2) is 0 Å². The number of ketones is 1. The van der Waals surface area contributed by atoms with Crippen molar-refractivity contribution in [2.75, 3.05) is 0 Å². The van der Waals surface area contributed by atoms with E-state index in [9.17, 15) is 4.79 Å². The van der Waals surface area contributed by atoms with E-state index in [1.165, 1.54) is 12.8 Å². The van der Waals surface area contributed by atoms with Crippen molar-refractivity contribution in [3.63, 3.8) is 0 Å². The average molecular weight is 152 g/mol. The molecule has 2 fully saturated rings. The highest BCUT2D eigenvalue weighted by atomic mass is 16.1. The van der Waals surface area contributed by atoms with Gasteiger partial charge >= 0.3 is 0 Å². The van der Waals surface area contributed by atoms with E-state index >= 15 is 0 Å². The van der Waals surface area contributed by atoms with Crippen molar-refractivity contribution < 1.29 is 4.79 Å². The summed E-state index contributed by atoms with van der Waals surface area (Å²) in [6.45, 7) is 6.66. The predicted molar refractivity (Wildman–Crippen MR) is 44.2 cm³/mol. The first-order chi connectivity index (χ1) is 5.00. The monoisotopic (exact) mass is 152 g/mol. The minimum atomic E-state index is 0.321. The van der Waals surface area contributed by atoms with Crippen LogP contribution in [-0.2, 0) is 4.79 Å². The number of Topliss-reactive ketones (excluding diaryl/α,β-unsaturated/α-hetero) is 1. The summed E-state index contributed by atoms with van der Waals surface area (Å²) in [5.41, 5.74) is 0.716. The highest BCUT2D eigenvalue weighted by Gasteiger charge is 2.62. The van der Waals surface area contributed by atoms with Crippen LogP contribution in [0.25, 0.3) is 0 Å². The number of carbonyl (C=O) groups is 1. The molecule has 1 nitrogen and oxygen atoms in total. The molecule has 0 N–H and O–H groups in total. The molecule has 3 atom stereocenters. The molecule has 2 rings (SSSR count). The van der Waals surface area contributed by atoms with Crippen LogP contribution >= 0.6 is 0 Å². The molecule has 0 bridgehead atoms. The van der Waals surface area contributed by atoms with Gasteiger partial charge in [0, 0.05) is 12.3 Å². The van der Waals surface area contributed by atoms with Crippen molar-refractivity contribution in [1.82, 2.24) is 0 Å². The zero-order valence-electron chi connectivity index (χ0n) is 7.61. The van der Waals surface area contributed by atoms with Crippen molar-refractivity contribution in [3.05, 3.63) is 0 Å². The number of carbonyl (C=O) groups excluding carboxylic acids is 1. The van der Waals surface area contributed by atoms with Gasteiger partial charge in [-0.15, -0.1) is 0 Å². The van der Waals surface area contributed by atoms with Gasteiger partial charge < -0.3 is 0 Å². The summed E-state index contributed by atoms with van der Waals surface area (Å²) < 4.78 is 0. The first-order valence-corrected chi connectivity index (χ1v) is 4.52. The van der Waals surface area contributed by atoms with E-state index in [1.54, 1.807) is 0 Å². The van der Waals surface area contributed by atoms with Crippen LogP contribution in [0.1, 0.15) is 40.0 Å². The number of rotatable bonds is 0. The van der Waals surface area contributed by atoms with Crippen molar-refractivity contribution in [2.24, 2.45) is 16.7 Å². The highest BCUT2D eigenvalue weighted by molar-refractivity contribution is 5.85. The van der Waals surface area contributed by atoms with Crippen LogP contribution < -0.4 is 0 Å². The number of fused-ring (bicyclic) bond motifs is 1. The van der Waals surface area contributed by atoms with E-state index in [1.807, 2.05) is 0 Å². The van der Waals surface area contributed by atoms with Gasteiger partial charge in [-0.25, -0.2) is 0 Å². The summed E-state index contributed by atoms with van der Waals surface area (Å²) >= 11 is 0. The van der Waals surface area contributed by atoms with Gasteiger partial charge in [0.25, 0.3) is 0 Å². The number of hydrogen-bond donors (Lipinski definition) is 0. The Balaban J connectivity index is 2.37. The van der Waals surface area contributed by atoms with Crippen LogP contribution in [0.3, 0.4) is 0 Å². The second-order valence-corrected chi connectivity index (χ2v) is 4.84. The molecule has 0 radical (unpaired) electrons. The fourth-order valence-corrected chi connectivity index (χ4v) is 2.87. The van der Waals surface area contributed by atoms with Gasteiger partial charge in [0.1, 0.15) is 5.78 Å². The van der Waals surface area contributed by atoms with Crippen molar-refractivity contribution in [2.45, 2.75) is 40.0 Å². The molecule has 2 saturated carbocycles. The molecule has 2 unspecified atom stereocenters. The minimum Gasteiger partial charge on any atom is -0.299 e. The lowest BCUT2D eigenvalue weighted by atomic mass is 9.51. The van der Waals surface area contributed by atoms with E-state index < -0.39 is 0 Å². The molecular weight excluding hydrogens is 136 g/mol. The lowest BCUT2D eigenvalue weighted by Crippen LogP contribution is -2.45. The van der Waals surface area contributed by atoms with Crippen LogP contribution in [0.4, 0.5) is 0 Å². The van der Waals surface area contributed by atoms with Gasteiger partial charge in [-0.2, -0.15) is 0 Å². The van der Waals surface area contributed by atoms with E-state index in [4.69, 9.17) is 0 Å². The maximum absolute atomic E-state index is 11.4. The topological polar surface area (TPSA) is 17.1 Å². The fourth-order valence-electron chi connectivity index (χ4n) is 2.87. The quantitative estimate of drug-likeness (QED) is 0.521. The van der Waals surface area contributed by atoms with Gasteiger partial charge in [-0.1, -0.05) is 20.8 Å². The Morgan fingerprint density at radius 3 is 2.18 bits per heavy atom. The average Bonchev–Trinajstić information content (AvgIpc) is 2.06. The van der Waals surface area contributed by atoms with Crippen molar-refractivity contribution in [1.29, 1.82) is 0 Å². The first kappa shape index (κ1) is 7.33. The first-order valence-electron chi connectivity index (χ1n) is 4.52. The van der Waals surface area contributed by atoms with Gasteiger partial charge in [0.05, 0.1) is 0 Å². The molecule has 0 saturated heterocycles. The third-order valence-electron chi connectivity index (χ3n) is 4.58. The Kier molecular flexibility index (Phi) is 1.13. The molecule has 0 heterocycles. The molecule has 2 aliphatic rings. The van der Waals surface area contributed by atoms with Gasteiger partial charge in [0.2, 0.25) is 0 Å². The normalized spacial score (nSPS) is 55.5. The van der Waals surface area contributed by atoms with E-state index in [0.717, 1.165) is 6.42 Å². The zero-order valence-corrected chi connectivity index (χ0v) is 7.61. The second kappa shape index (κ2) is 1.70. The molecule has 2 aliphatic carbocycles. The van der Waals surface area contributed by atoms with E-state index in [-0.39, 0.29) is 0 Å². The predicted octanol–water partition coefficient (Wildman–Crippen LogP) is 2.40. The highest BCUT2D eigenvalue weighted by Crippen LogP contribution is 2.67. The summed E-state index contributed by atoms with van der Waals surface area (Å²) in [6.07, 6.45) is 3.36.